The van der Waals surface area contributed by atoms with Crippen molar-refractivity contribution in [3.05, 3.63) is 75.6 Å². The Hall–Kier alpha value is -3.09. The molecule has 2 aromatic carbocycles. The second kappa shape index (κ2) is 6.38. The zero-order valence-electron chi connectivity index (χ0n) is 10.7. The van der Waals surface area contributed by atoms with Crippen LogP contribution in [0.1, 0.15) is 15.9 Å². The predicted octanol–water partition coefficient (Wildman–Crippen LogP) is 2.50. The highest BCUT2D eigenvalue weighted by molar-refractivity contribution is 5.94. The smallest absolute Gasteiger partial charge is 0.267 e. The summed E-state index contributed by atoms with van der Waals surface area (Å²) in [5, 5.41) is 14.3. The van der Waals surface area contributed by atoms with Crippen molar-refractivity contribution in [1.29, 1.82) is 0 Å². The predicted molar refractivity (Wildman–Crippen MR) is 74.6 cm³/mol. The van der Waals surface area contributed by atoms with Crippen molar-refractivity contribution in [3.63, 3.8) is 0 Å². The highest BCUT2D eigenvalue weighted by Gasteiger charge is 2.06. The minimum absolute atomic E-state index is 0.0737. The Balaban J connectivity index is 2.04. The molecule has 0 saturated heterocycles. The van der Waals surface area contributed by atoms with E-state index in [2.05, 4.69) is 10.5 Å². The standard InChI is InChI=1S/C14H10FN3O3/c15-12-5-2-4-11(8-12)14(19)17-16-9-10-3-1-6-13(7-10)18(20)21/h1-9H,(H,17,19). The van der Waals surface area contributed by atoms with Crippen LogP contribution in [-0.2, 0) is 0 Å². The van der Waals surface area contributed by atoms with E-state index in [1.807, 2.05) is 0 Å². The fourth-order valence-electron chi connectivity index (χ4n) is 1.58. The second-order valence-electron chi connectivity index (χ2n) is 4.06. The van der Waals surface area contributed by atoms with Crippen molar-refractivity contribution in [2.45, 2.75) is 0 Å². The van der Waals surface area contributed by atoms with Gasteiger partial charge in [-0.1, -0.05) is 18.2 Å². The number of hydrazone groups is 1. The van der Waals surface area contributed by atoms with Crippen LogP contribution in [0, 0.1) is 15.9 Å². The molecular weight excluding hydrogens is 277 g/mol. The van der Waals surface area contributed by atoms with Gasteiger partial charge in [0, 0.05) is 23.3 Å². The monoisotopic (exact) mass is 287 g/mol. The molecule has 0 bridgehead atoms. The summed E-state index contributed by atoms with van der Waals surface area (Å²) in [5.74, 6) is -1.10. The number of nitro benzene ring substituents is 1. The van der Waals surface area contributed by atoms with Crippen molar-refractivity contribution < 1.29 is 14.1 Å². The lowest BCUT2D eigenvalue weighted by molar-refractivity contribution is -0.384. The summed E-state index contributed by atoms with van der Waals surface area (Å²) in [4.78, 5) is 21.7. The number of halogens is 1. The van der Waals surface area contributed by atoms with Crippen LogP contribution in [0.2, 0.25) is 0 Å². The van der Waals surface area contributed by atoms with Crippen LogP contribution in [0.25, 0.3) is 0 Å². The first-order valence-electron chi connectivity index (χ1n) is 5.90. The molecule has 21 heavy (non-hydrogen) atoms. The molecule has 0 heterocycles. The summed E-state index contributed by atoms with van der Waals surface area (Å²) in [7, 11) is 0. The van der Waals surface area contributed by atoms with Crippen LogP contribution in [-0.4, -0.2) is 17.0 Å². The first-order chi connectivity index (χ1) is 10.1. The average Bonchev–Trinajstić information content (AvgIpc) is 2.47. The SMILES string of the molecule is O=C(NN=Cc1cccc([N+](=O)[O-])c1)c1cccc(F)c1. The van der Waals surface area contributed by atoms with Gasteiger partial charge < -0.3 is 0 Å². The minimum Gasteiger partial charge on any atom is -0.267 e. The van der Waals surface area contributed by atoms with Crippen molar-refractivity contribution in [1.82, 2.24) is 5.43 Å². The summed E-state index contributed by atoms with van der Waals surface area (Å²) in [6.45, 7) is 0. The van der Waals surface area contributed by atoms with Gasteiger partial charge in [0.25, 0.3) is 11.6 Å². The van der Waals surface area contributed by atoms with Gasteiger partial charge in [0.15, 0.2) is 0 Å². The number of rotatable bonds is 4. The summed E-state index contributed by atoms with van der Waals surface area (Å²) < 4.78 is 13.0. The molecule has 0 radical (unpaired) electrons. The quantitative estimate of drug-likeness (QED) is 0.532. The lowest BCUT2D eigenvalue weighted by atomic mass is 10.2. The number of benzene rings is 2. The molecule has 2 aromatic rings. The number of non-ortho nitro benzene ring substituents is 1. The summed E-state index contributed by atoms with van der Waals surface area (Å²) in [6, 6.07) is 10.9. The van der Waals surface area contributed by atoms with E-state index >= 15 is 0 Å². The van der Waals surface area contributed by atoms with Crippen molar-refractivity contribution >= 4 is 17.8 Å². The van der Waals surface area contributed by atoms with Gasteiger partial charge in [-0.15, -0.1) is 0 Å². The van der Waals surface area contributed by atoms with Crippen molar-refractivity contribution in [2.24, 2.45) is 5.10 Å². The van der Waals surface area contributed by atoms with Crippen LogP contribution in [0.15, 0.2) is 53.6 Å². The topological polar surface area (TPSA) is 84.6 Å². The summed E-state index contributed by atoms with van der Waals surface area (Å²) in [5.41, 5.74) is 2.74. The number of hydrogen-bond donors (Lipinski definition) is 1. The molecule has 0 fully saturated rings. The number of carbonyl (C=O) groups excluding carboxylic acids is 1. The highest BCUT2D eigenvalue weighted by atomic mass is 19.1. The van der Waals surface area contributed by atoms with Crippen LogP contribution in [0.3, 0.4) is 0 Å². The summed E-state index contributed by atoms with van der Waals surface area (Å²) in [6.07, 6.45) is 1.27. The van der Waals surface area contributed by atoms with E-state index in [4.69, 9.17) is 0 Å². The molecule has 7 heteroatoms. The van der Waals surface area contributed by atoms with Crippen LogP contribution in [0.4, 0.5) is 10.1 Å². The molecule has 0 aliphatic rings. The van der Waals surface area contributed by atoms with Gasteiger partial charge in [-0.05, 0) is 18.2 Å². The maximum atomic E-state index is 13.0. The van der Waals surface area contributed by atoms with E-state index in [1.165, 1.54) is 42.6 Å². The molecule has 1 amide bonds. The van der Waals surface area contributed by atoms with Crippen LogP contribution in [0.5, 0.6) is 0 Å². The largest absolute Gasteiger partial charge is 0.271 e. The first-order valence-corrected chi connectivity index (χ1v) is 5.90. The zero-order valence-corrected chi connectivity index (χ0v) is 10.7. The normalized spacial score (nSPS) is 10.5. The fraction of sp³-hybridized carbons (Fsp3) is 0. The van der Waals surface area contributed by atoms with E-state index in [9.17, 15) is 19.3 Å². The van der Waals surface area contributed by atoms with E-state index < -0.39 is 16.6 Å². The maximum absolute atomic E-state index is 13.0. The lowest BCUT2D eigenvalue weighted by Crippen LogP contribution is -2.17. The molecule has 0 saturated carbocycles. The molecule has 1 N–H and O–H groups in total. The first kappa shape index (κ1) is 14.3. The fourth-order valence-corrected chi connectivity index (χ4v) is 1.58. The third-order valence-corrected chi connectivity index (χ3v) is 2.55. The second-order valence-corrected chi connectivity index (χ2v) is 4.06. The number of carbonyl (C=O) groups is 1. The van der Waals surface area contributed by atoms with Gasteiger partial charge in [-0.3, -0.25) is 14.9 Å². The Morgan fingerprint density at radius 1 is 1.24 bits per heavy atom. The highest BCUT2D eigenvalue weighted by Crippen LogP contribution is 2.11. The molecule has 0 aliphatic carbocycles. The molecule has 2 rings (SSSR count). The number of nitro groups is 1. The number of amides is 1. The Morgan fingerprint density at radius 3 is 2.71 bits per heavy atom. The molecule has 0 unspecified atom stereocenters. The molecule has 6 nitrogen and oxygen atoms in total. The lowest BCUT2D eigenvalue weighted by Gasteiger charge is -1.99. The van der Waals surface area contributed by atoms with E-state index in [-0.39, 0.29) is 11.3 Å². The Bertz CT molecular complexity index is 716. The number of hydrogen-bond acceptors (Lipinski definition) is 4. The molecule has 0 atom stereocenters. The van der Waals surface area contributed by atoms with E-state index in [1.54, 1.807) is 6.07 Å². The van der Waals surface area contributed by atoms with Gasteiger partial charge in [0.2, 0.25) is 0 Å². The molecule has 106 valence electrons. The molecule has 0 aliphatic heterocycles. The van der Waals surface area contributed by atoms with Crippen LogP contribution >= 0.6 is 0 Å². The number of nitrogens with one attached hydrogen (secondary N) is 1. The average molecular weight is 287 g/mol. The van der Waals surface area contributed by atoms with Gasteiger partial charge in [0.1, 0.15) is 5.82 Å². The molecular formula is C14H10FN3O3. The third-order valence-electron chi connectivity index (χ3n) is 2.55. The minimum atomic E-state index is -0.573. The Kier molecular flexibility index (Phi) is 4.35. The van der Waals surface area contributed by atoms with E-state index in [0.29, 0.717) is 5.56 Å². The molecule has 0 spiro atoms. The van der Waals surface area contributed by atoms with Crippen molar-refractivity contribution in [2.75, 3.05) is 0 Å². The van der Waals surface area contributed by atoms with Crippen molar-refractivity contribution in [3.8, 4) is 0 Å². The third kappa shape index (κ3) is 3.93. The maximum Gasteiger partial charge on any atom is 0.271 e. The number of nitrogens with zero attached hydrogens (tertiary/aromatic N) is 2. The van der Waals surface area contributed by atoms with Gasteiger partial charge >= 0.3 is 0 Å². The van der Waals surface area contributed by atoms with Gasteiger partial charge in [-0.25, -0.2) is 9.82 Å². The zero-order chi connectivity index (χ0) is 15.2. The summed E-state index contributed by atoms with van der Waals surface area (Å²) >= 11 is 0. The van der Waals surface area contributed by atoms with Crippen LogP contribution < -0.4 is 5.43 Å². The van der Waals surface area contributed by atoms with Gasteiger partial charge in [-0.2, -0.15) is 5.10 Å². The van der Waals surface area contributed by atoms with Gasteiger partial charge in [0.05, 0.1) is 11.1 Å². The Labute approximate surface area is 119 Å². The molecule has 0 aromatic heterocycles. The van der Waals surface area contributed by atoms with E-state index in [0.717, 1.165) is 6.07 Å². The Morgan fingerprint density at radius 2 is 2.00 bits per heavy atom.